The van der Waals surface area contributed by atoms with Crippen LogP contribution in [0, 0.1) is 0 Å². The van der Waals surface area contributed by atoms with Gasteiger partial charge in [0.25, 0.3) is 0 Å². The zero-order valence-electron chi connectivity index (χ0n) is 12.4. The number of nitrogens with one attached hydrogen (secondary N) is 1. The van der Waals surface area contributed by atoms with Gasteiger partial charge in [0.2, 0.25) is 5.95 Å². The third-order valence-corrected chi connectivity index (χ3v) is 3.43. The van der Waals surface area contributed by atoms with E-state index in [9.17, 15) is 0 Å². The highest BCUT2D eigenvalue weighted by molar-refractivity contribution is 9.10. The van der Waals surface area contributed by atoms with Crippen LogP contribution >= 0.6 is 15.9 Å². The summed E-state index contributed by atoms with van der Waals surface area (Å²) in [6, 6.07) is 7.89. The van der Waals surface area contributed by atoms with Crippen LogP contribution in [0.2, 0.25) is 0 Å². The Balaban J connectivity index is 2.16. The molecule has 1 heterocycles. The molecular formula is C15H20BrN5. The fourth-order valence-electron chi connectivity index (χ4n) is 2.08. The van der Waals surface area contributed by atoms with Crippen molar-refractivity contribution < 1.29 is 0 Å². The number of rotatable bonds is 7. The SMILES string of the molecule is CCCN(CCC)c1cnnc(Nc2cccc(Br)c2)n1. The molecule has 0 spiro atoms. The van der Waals surface area contributed by atoms with E-state index in [1.54, 1.807) is 6.20 Å². The van der Waals surface area contributed by atoms with Gasteiger partial charge in [0.15, 0.2) is 5.82 Å². The number of benzene rings is 1. The Kier molecular flexibility index (Phi) is 5.92. The van der Waals surface area contributed by atoms with Crippen molar-refractivity contribution in [3.63, 3.8) is 0 Å². The van der Waals surface area contributed by atoms with Crippen LogP contribution in [0.4, 0.5) is 17.5 Å². The van der Waals surface area contributed by atoms with Gasteiger partial charge in [0.1, 0.15) is 0 Å². The summed E-state index contributed by atoms with van der Waals surface area (Å²) in [5.74, 6) is 1.38. The maximum Gasteiger partial charge on any atom is 0.249 e. The van der Waals surface area contributed by atoms with Crippen LogP contribution in [-0.4, -0.2) is 28.3 Å². The summed E-state index contributed by atoms with van der Waals surface area (Å²) >= 11 is 3.45. The summed E-state index contributed by atoms with van der Waals surface area (Å²) in [5, 5.41) is 11.3. The van der Waals surface area contributed by atoms with Gasteiger partial charge in [0.05, 0.1) is 6.20 Å². The molecule has 1 N–H and O–H groups in total. The number of hydrogen-bond acceptors (Lipinski definition) is 5. The fraction of sp³-hybridized carbons (Fsp3) is 0.400. The summed E-state index contributed by atoms with van der Waals surface area (Å²) in [7, 11) is 0. The van der Waals surface area contributed by atoms with E-state index in [1.807, 2.05) is 24.3 Å². The minimum absolute atomic E-state index is 0.516. The maximum atomic E-state index is 4.56. The van der Waals surface area contributed by atoms with Crippen LogP contribution in [0.15, 0.2) is 34.9 Å². The highest BCUT2D eigenvalue weighted by atomic mass is 79.9. The number of aromatic nitrogens is 3. The zero-order chi connectivity index (χ0) is 15.1. The Morgan fingerprint density at radius 3 is 2.62 bits per heavy atom. The molecule has 1 aromatic heterocycles. The van der Waals surface area contributed by atoms with E-state index in [1.165, 1.54) is 0 Å². The second-order valence-electron chi connectivity index (χ2n) is 4.76. The molecular weight excluding hydrogens is 330 g/mol. The van der Waals surface area contributed by atoms with Gasteiger partial charge in [-0.3, -0.25) is 0 Å². The van der Waals surface area contributed by atoms with E-state index in [-0.39, 0.29) is 0 Å². The number of nitrogens with zero attached hydrogens (tertiary/aromatic N) is 4. The molecule has 5 nitrogen and oxygen atoms in total. The molecule has 0 unspecified atom stereocenters. The summed E-state index contributed by atoms with van der Waals surface area (Å²) < 4.78 is 1.01. The van der Waals surface area contributed by atoms with Gasteiger partial charge in [0, 0.05) is 23.2 Å². The number of halogens is 1. The molecule has 2 rings (SSSR count). The normalized spacial score (nSPS) is 10.4. The highest BCUT2D eigenvalue weighted by Crippen LogP contribution is 2.19. The molecule has 0 saturated heterocycles. The van der Waals surface area contributed by atoms with Crippen molar-refractivity contribution >= 4 is 33.4 Å². The predicted molar refractivity (Wildman–Crippen MR) is 90.0 cm³/mol. The van der Waals surface area contributed by atoms with Gasteiger partial charge in [-0.15, -0.1) is 5.10 Å². The first-order valence-corrected chi connectivity index (χ1v) is 7.99. The molecule has 2 aromatic rings. The van der Waals surface area contributed by atoms with E-state index in [0.29, 0.717) is 5.95 Å². The Hall–Kier alpha value is -1.69. The average Bonchev–Trinajstić information content (AvgIpc) is 2.47. The first kappa shape index (κ1) is 15.7. The van der Waals surface area contributed by atoms with Gasteiger partial charge in [-0.25, -0.2) is 0 Å². The lowest BCUT2D eigenvalue weighted by molar-refractivity contribution is 0.728. The Labute approximate surface area is 133 Å². The van der Waals surface area contributed by atoms with Crippen LogP contribution < -0.4 is 10.2 Å². The topological polar surface area (TPSA) is 53.9 Å². The zero-order valence-corrected chi connectivity index (χ0v) is 14.0. The third kappa shape index (κ3) is 4.67. The monoisotopic (exact) mass is 349 g/mol. The summed E-state index contributed by atoms with van der Waals surface area (Å²) in [6.45, 7) is 6.28. The van der Waals surface area contributed by atoms with Gasteiger partial charge in [-0.1, -0.05) is 35.8 Å². The van der Waals surface area contributed by atoms with Gasteiger partial charge in [-0.05, 0) is 31.0 Å². The largest absolute Gasteiger partial charge is 0.355 e. The van der Waals surface area contributed by atoms with Crippen molar-refractivity contribution in [3.05, 3.63) is 34.9 Å². The molecule has 0 amide bonds. The first-order valence-electron chi connectivity index (χ1n) is 7.20. The summed E-state index contributed by atoms with van der Waals surface area (Å²) in [5.41, 5.74) is 0.931. The molecule has 21 heavy (non-hydrogen) atoms. The molecule has 0 bridgehead atoms. The standard InChI is InChI=1S/C15H20BrN5/c1-3-8-21(9-4-2)14-11-17-20-15(19-14)18-13-7-5-6-12(16)10-13/h5-7,10-11H,3-4,8-9H2,1-2H3,(H,18,19,20). The molecule has 0 aliphatic rings. The van der Waals surface area contributed by atoms with Gasteiger partial charge >= 0.3 is 0 Å². The summed E-state index contributed by atoms with van der Waals surface area (Å²) in [4.78, 5) is 6.80. The molecule has 0 saturated carbocycles. The van der Waals surface area contributed by atoms with Gasteiger partial charge in [-0.2, -0.15) is 10.1 Å². The smallest absolute Gasteiger partial charge is 0.249 e. The Morgan fingerprint density at radius 2 is 1.95 bits per heavy atom. The molecule has 0 atom stereocenters. The first-order chi connectivity index (χ1) is 10.2. The van der Waals surface area contributed by atoms with Crippen molar-refractivity contribution in [1.82, 2.24) is 15.2 Å². The van der Waals surface area contributed by atoms with Crippen molar-refractivity contribution in [2.45, 2.75) is 26.7 Å². The number of anilines is 3. The Bertz CT molecular complexity index is 569. The van der Waals surface area contributed by atoms with E-state index in [4.69, 9.17) is 0 Å². The van der Waals surface area contributed by atoms with E-state index in [0.717, 1.165) is 41.9 Å². The van der Waals surface area contributed by atoms with Crippen LogP contribution in [0.25, 0.3) is 0 Å². The molecule has 0 radical (unpaired) electrons. The molecule has 0 fully saturated rings. The minimum atomic E-state index is 0.516. The highest BCUT2D eigenvalue weighted by Gasteiger charge is 2.08. The predicted octanol–water partition coefficient (Wildman–Crippen LogP) is 4.00. The third-order valence-electron chi connectivity index (χ3n) is 2.94. The van der Waals surface area contributed by atoms with Crippen LogP contribution in [0.1, 0.15) is 26.7 Å². The number of hydrogen-bond donors (Lipinski definition) is 1. The van der Waals surface area contributed by atoms with E-state index in [2.05, 4.69) is 55.2 Å². The Morgan fingerprint density at radius 1 is 1.19 bits per heavy atom. The van der Waals surface area contributed by atoms with E-state index < -0.39 is 0 Å². The van der Waals surface area contributed by atoms with Crippen LogP contribution in [0.3, 0.4) is 0 Å². The maximum absolute atomic E-state index is 4.56. The lowest BCUT2D eigenvalue weighted by atomic mass is 10.3. The lowest BCUT2D eigenvalue weighted by Crippen LogP contribution is -2.26. The van der Waals surface area contributed by atoms with Crippen molar-refractivity contribution in [2.24, 2.45) is 0 Å². The molecule has 0 aliphatic carbocycles. The average molecular weight is 350 g/mol. The molecule has 1 aromatic carbocycles. The minimum Gasteiger partial charge on any atom is -0.355 e. The van der Waals surface area contributed by atoms with Crippen molar-refractivity contribution in [1.29, 1.82) is 0 Å². The van der Waals surface area contributed by atoms with Gasteiger partial charge < -0.3 is 10.2 Å². The quantitative estimate of drug-likeness (QED) is 0.818. The molecule has 6 heteroatoms. The second-order valence-corrected chi connectivity index (χ2v) is 5.68. The van der Waals surface area contributed by atoms with Crippen LogP contribution in [-0.2, 0) is 0 Å². The lowest BCUT2D eigenvalue weighted by Gasteiger charge is -2.22. The van der Waals surface area contributed by atoms with Crippen LogP contribution in [0.5, 0.6) is 0 Å². The fourth-order valence-corrected chi connectivity index (χ4v) is 2.48. The molecule has 0 aliphatic heterocycles. The molecule has 112 valence electrons. The van der Waals surface area contributed by atoms with E-state index >= 15 is 0 Å². The van der Waals surface area contributed by atoms with Crippen molar-refractivity contribution in [3.8, 4) is 0 Å². The second kappa shape index (κ2) is 7.93. The summed E-state index contributed by atoms with van der Waals surface area (Å²) in [6.07, 6.45) is 3.88. The van der Waals surface area contributed by atoms with Crippen molar-refractivity contribution in [2.75, 3.05) is 23.3 Å².